The Bertz CT molecular complexity index is 1330. The number of benzene rings is 3. The summed E-state index contributed by atoms with van der Waals surface area (Å²) in [6, 6.07) is 19.6. The average molecular weight is 478 g/mol. The number of fused-ring (bicyclic) bond motifs is 1. The van der Waals surface area contributed by atoms with Crippen LogP contribution in [0.15, 0.2) is 76.0 Å². The Morgan fingerprint density at radius 1 is 1.06 bits per heavy atom. The molecule has 4 aromatic rings. The molecule has 0 bridgehead atoms. The summed E-state index contributed by atoms with van der Waals surface area (Å²) in [4.78, 5) is 26.3. The standard InChI is InChI=1S/C24H20BrN3O3/c1-3-31-18-11-9-17(10-12-18)28-24(30)20-7-5-4-6-19(20)22(27-28)23(29)26-21-13-8-16(25)14-15(21)2/h4-14H,3H2,1-2H3,(H,26,29). The second-order valence-corrected chi connectivity index (χ2v) is 7.87. The minimum Gasteiger partial charge on any atom is -0.494 e. The number of nitrogens with one attached hydrogen (secondary N) is 1. The molecule has 7 heteroatoms. The third kappa shape index (κ3) is 4.22. The highest BCUT2D eigenvalue weighted by molar-refractivity contribution is 9.10. The molecule has 4 rings (SSSR count). The minimum atomic E-state index is -0.388. The Labute approximate surface area is 187 Å². The Morgan fingerprint density at radius 3 is 2.45 bits per heavy atom. The third-order valence-corrected chi connectivity index (χ3v) is 5.34. The number of carbonyl (C=O) groups excluding carboxylic acids is 1. The van der Waals surface area contributed by atoms with Crippen molar-refractivity contribution < 1.29 is 9.53 Å². The van der Waals surface area contributed by atoms with E-state index in [4.69, 9.17) is 4.74 Å². The normalized spacial score (nSPS) is 10.8. The molecule has 0 radical (unpaired) electrons. The highest BCUT2D eigenvalue weighted by atomic mass is 79.9. The highest BCUT2D eigenvalue weighted by Crippen LogP contribution is 2.22. The number of rotatable bonds is 5. The fourth-order valence-corrected chi connectivity index (χ4v) is 3.81. The number of aromatic nitrogens is 2. The van der Waals surface area contributed by atoms with E-state index in [9.17, 15) is 9.59 Å². The van der Waals surface area contributed by atoms with E-state index in [0.29, 0.717) is 34.5 Å². The molecule has 0 atom stereocenters. The number of halogens is 1. The van der Waals surface area contributed by atoms with Crippen LogP contribution in [0.4, 0.5) is 5.69 Å². The van der Waals surface area contributed by atoms with Crippen LogP contribution in [0.25, 0.3) is 16.5 Å². The second-order valence-electron chi connectivity index (χ2n) is 6.95. The third-order valence-electron chi connectivity index (χ3n) is 4.85. The number of anilines is 1. The maximum absolute atomic E-state index is 13.2. The molecule has 0 aliphatic heterocycles. The zero-order valence-electron chi connectivity index (χ0n) is 17.1. The molecule has 3 aromatic carbocycles. The first kappa shape index (κ1) is 20.8. The summed E-state index contributed by atoms with van der Waals surface area (Å²) in [7, 11) is 0. The van der Waals surface area contributed by atoms with Gasteiger partial charge in [-0.1, -0.05) is 34.1 Å². The summed E-state index contributed by atoms with van der Waals surface area (Å²) in [5.41, 5.74) is 2.01. The molecule has 1 amide bonds. The first-order valence-electron chi connectivity index (χ1n) is 9.80. The monoisotopic (exact) mass is 477 g/mol. The SMILES string of the molecule is CCOc1ccc(-n2nc(C(=O)Nc3ccc(Br)cc3C)c3ccccc3c2=O)cc1. The van der Waals surface area contributed by atoms with Gasteiger partial charge in [0.05, 0.1) is 17.7 Å². The Morgan fingerprint density at radius 2 is 1.77 bits per heavy atom. The van der Waals surface area contributed by atoms with Crippen LogP contribution in [0.2, 0.25) is 0 Å². The minimum absolute atomic E-state index is 0.173. The molecule has 0 fully saturated rings. The smallest absolute Gasteiger partial charge is 0.279 e. The molecule has 0 unspecified atom stereocenters. The molecule has 0 saturated heterocycles. The van der Waals surface area contributed by atoms with Crippen LogP contribution in [0.5, 0.6) is 5.75 Å². The largest absolute Gasteiger partial charge is 0.494 e. The van der Waals surface area contributed by atoms with E-state index >= 15 is 0 Å². The van der Waals surface area contributed by atoms with Crippen molar-refractivity contribution in [1.29, 1.82) is 0 Å². The van der Waals surface area contributed by atoms with E-state index in [-0.39, 0.29) is 17.2 Å². The topological polar surface area (TPSA) is 73.2 Å². The number of nitrogens with zero attached hydrogens (tertiary/aromatic N) is 2. The maximum atomic E-state index is 13.2. The van der Waals surface area contributed by atoms with Crippen LogP contribution in [0.1, 0.15) is 23.0 Å². The second kappa shape index (κ2) is 8.73. The van der Waals surface area contributed by atoms with Gasteiger partial charge >= 0.3 is 0 Å². The van der Waals surface area contributed by atoms with Crippen LogP contribution >= 0.6 is 15.9 Å². The predicted molar refractivity (Wildman–Crippen MR) is 125 cm³/mol. The van der Waals surface area contributed by atoms with E-state index in [1.165, 1.54) is 4.68 Å². The molecule has 1 heterocycles. The van der Waals surface area contributed by atoms with Gasteiger partial charge in [0.1, 0.15) is 5.75 Å². The molecule has 0 aliphatic carbocycles. The molecule has 0 aliphatic rings. The molecule has 31 heavy (non-hydrogen) atoms. The number of ether oxygens (including phenoxy) is 1. The zero-order chi connectivity index (χ0) is 22.0. The van der Waals surface area contributed by atoms with Crippen molar-refractivity contribution in [2.75, 3.05) is 11.9 Å². The zero-order valence-corrected chi connectivity index (χ0v) is 18.6. The van der Waals surface area contributed by atoms with Crippen molar-refractivity contribution in [3.8, 4) is 11.4 Å². The molecular weight excluding hydrogens is 458 g/mol. The summed E-state index contributed by atoms with van der Waals surface area (Å²) >= 11 is 3.43. The van der Waals surface area contributed by atoms with Crippen molar-refractivity contribution in [2.45, 2.75) is 13.8 Å². The van der Waals surface area contributed by atoms with Gasteiger partial charge in [-0.2, -0.15) is 9.78 Å². The number of aryl methyl sites for hydroxylation is 1. The van der Waals surface area contributed by atoms with Crippen molar-refractivity contribution in [3.63, 3.8) is 0 Å². The fraction of sp³-hybridized carbons (Fsp3) is 0.125. The lowest BCUT2D eigenvalue weighted by molar-refractivity contribution is 0.102. The average Bonchev–Trinajstić information content (AvgIpc) is 2.77. The van der Waals surface area contributed by atoms with Crippen molar-refractivity contribution >= 4 is 38.3 Å². The predicted octanol–water partition coefficient (Wildman–Crippen LogP) is 5.11. The summed E-state index contributed by atoms with van der Waals surface area (Å²) in [5, 5.41) is 8.27. The van der Waals surface area contributed by atoms with Crippen LogP contribution in [-0.4, -0.2) is 22.3 Å². The van der Waals surface area contributed by atoms with Gasteiger partial charge in [0.15, 0.2) is 5.69 Å². The van der Waals surface area contributed by atoms with Crippen LogP contribution < -0.4 is 15.6 Å². The molecule has 6 nitrogen and oxygen atoms in total. The molecule has 156 valence electrons. The van der Waals surface area contributed by atoms with Gasteiger partial charge in [-0.15, -0.1) is 0 Å². The Kier molecular flexibility index (Phi) is 5.86. The fourth-order valence-electron chi connectivity index (χ4n) is 3.33. The summed E-state index contributed by atoms with van der Waals surface area (Å²) in [6.45, 7) is 4.36. The summed E-state index contributed by atoms with van der Waals surface area (Å²) in [5.74, 6) is 0.310. The van der Waals surface area contributed by atoms with Crippen LogP contribution in [-0.2, 0) is 0 Å². The number of carbonyl (C=O) groups is 1. The summed E-state index contributed by atoms with van der Waals surface area (Å²) in [6.07, 6.45) is 0. The highest BCUT2D eigenvalue weighted by Gasteiger charge is 2.18. The lowest BCUT2D eigenvalue weighted by Crippen LogP contribution is -2.26. The van der Waals surface area contributed by atoms with Crippen LogP contribution in [0.3, 0.4) is 0 Å². The molecule has 0 saturated carbocycles. The van der Waals surface area contributed by atoms with Crippen molar-refractivity contribution in [2.24, 2.45) is 0 Å². The van der Waals surface area contributed by atoms with Crippen LogP contribution in [0, 0.1) is 6.92 Å². The number of amides is 1. The van der Waals surface area contributed by atoms with E-state index < -0.39 is 0 Å². The Balaban J connectivity index is 1.82. The Hall–Kier alpha value is -3.45. The summed E-state index contributed by atoms with van der Waals surface area (Å²) < 4.78 is 7.65. The molecule has 0 spiro atoms. The first-order valence-corrected chi connectivity index (χ1v) is 10.6. The maximum Gasteiger partial charge on any atom is 0.279 e. The van der Waals surface area contributed by atoms with Gasteiger partial charge in [0.2, 0.25) is 0 Å². The molecule has 1 N–H and O–H groups in total. The lowest BCUT2D eigenvalue weighted by atomic mass is 10.1. The van der Waals surface area contributed by atoms with E-state index in [1.54, 1.807) is 48.5 Å². The van der Waals surface area contributed by atoms with Gasteiger partial charge in [-0.05, 0) is 67.9 Å². The molecule has 1 aromatic heterocycles. The number of hydrogen-bond acceptors (Lipinski definition) is 4. The van der Waals surface area contributed by atoms with Crippen molar-refractivity contribution in [3.05, 3.63) is 92.8 Å². The van der Waals surface area contributed by atoms with E-state index in [2.05, 4.69) is 26.3 Å². The van der Waals surface area contributed by atoms with E-state index in [0.717, 1.165) is 10.0 Å². The van der Waals surface area contributed by atoms with Gasteiger partial charge < -0.3 is 10.1 Å². The molecular formula is C24H20BrN3O3. The van der Waals surface area contributed by atoms with Gasteiger partial charge in [0, 0.05) is 15.5 Å². The van der Waals surface area contributed by atoms with Gasteiger partial charge in [-0.3, -0.25) is 9.59 Å². The number of hydrogen-bond donors (Lipinski definition) is 1. The quantitative estimate of drug-likeness (QED) is 0.433. The van der Waals surface area contributed by atoms with Gasteiger partial charge in [-0.25, -0.2) is 0 Å². The lowest BCUT2D eigenvalue weighted by Gasteiger charge is -2.13. The van der Waals surface area contributed by atoms with E-state index in [1.807, 2.05) is 32.0 Å². The van der Waals surface area contributed by atoms with Gasteiger partial charge in [0.25, 0.3) is 11.5 Å². The first-order chi connectivity index (χ1) is 15.0. The van der Waals surface area contributed by atoms with Crippen molar-refractivity contribution in [1.82, 2.24) is 9.78 Å².